The van der Waals surface area contributed by atoms with Crippen LogP contribution in [-0.2, 0) is 6.54 Å². The van der Waals surface area contributed by atoms with Gasteiger partial charge in [-0.1, -0.05) is 41.5 Å². The zero-order valence-corrected chi connectivity index (χ0v) is 23.7. The van der Waals surface area contributed by atoms with Crippen LogP contribution in [0.3, 0.4) is 0 Å². The number of nitrogens with one attached hydrogen (secondary N) is 1. The molecule has 2 aromatic carbocycles. The molecule has 11 heteroatoms. The number of nitrogens with zero attached hydrogens (tertiary/aromatic N) is 7. The fraction of sp³-hybridized carbons (Fsp3) is 0.344. The van der Waals surface area contributed by atoms with E-state index in [1.807, 2.05) is 24.3 Å². The number of carbonyl (C=O) groups excluding carboxylic acids is 3. The molecule has 43 heavy (non-hydrogen) atoms. The minimum Gasteiger partial charge on any atom is -0.349 e. The van der Waals surface area contributed by atoms with E-state index >= 15 is 0 Å². The van der Waals surface area contributed by atoms with E-state index < -0.39 is 0 Å². The van der Waals surface area contributed by atoms with Crippen molar-refractivity contribution in [2.75, 3.05) is 26.2 Å². The monoisotopic (exact) mass is 576 g/mol. The fourth-order valence-electron chi connectivity index (χ4n) is 5.59. The Morgan fingerprint density at radius 1 is 0.930 bits per heavy atom. The number of carbonyl (C=O) groups is 3. The third kappa shape index (κ3) is 7.43. The molecule has 3 heterocycles. The number of piperidine rings is 2. The van der Waals surface area contributed by atoms with Crippen LogP contribution in [0.25, 0.3) is 10.4 Å². The maximum atomic E-state index is 13.1. The Morgan fingerprint density at radius 3 is 2.21 bits per heavy atom. The molecule has 2 amide bonds. The summed E-state index contributed by atoms with van der Waals surface area (Å²) in [6.07, 6.45) is 4.22. The number of ketones is 1. The average molecular weight is 577 g/mol. The van der Waals surface area contributed by atoms with Gasteiger partial charge in [0.25, 0.3) is 11.8 Å². The van der Waals surface area contributed by atoms with Gasteiger partial charge in [0.15, 0.2) is 5.78 Å². The van der Waals surface area contributed by atoms with Crippen LogP contribution in [0.5, 0.6) is 0 Å². The summed E-state index contributed by atoms with van der Waals surface area (Å²) < 4.78 is 0. The summed E-state index contributed by atoms with van der Waals surface area (Å²) in [5, 5.41) is 15.6. The maximum Gasteiger partial charge on any atom is 0.272 e. The molecule has 0 aliphatic carbocycles. The lowest BCUT2D eigenvalue weighted by molar-refractivity contribution is 0.0645. The lowest BCUT2D eigenvalue weighted by atomic mass is 9.88. The van der Waals surface area contributed by atoms with Crippen molar-refractivity contribution >= 4 is 23.3 Å². The van der Waals surface area contributed by atoms with Crippen molar-refractivity contribution in [1.82, 2.24) is 20.1 Å². The predicted molar refractivity (Wildman–Crippen MR) is 159 cm³/mol. The molecule has 0 unspecified atom stereocenters. The fourth-order valence-corrected chi connectivity index (χ4v) is 5.59. The van der Waals surface area contributed by atoms with E-state index in [0.29, 0.717) is 48.3 Å². The molecule has 0 spiro atoms. The van der Waals surface area contributed by atoms with Gasteiger partial charge in [0.2, 0.25) is 0 Å². The minimum absolute atomic E-state index is 0.0186. The van der Waals surface area contributed by atoms with Gasteiger partial charge in [-0.3, -0.25) is 24.3 Å². The molecule has 2 saturated heterocycles. The Labute approximate surface area is 249 Å². The Balaban J connectivity index is 1.06. The topological polar surface area (TPSA) is 155 Å². The summed E-state index contributed by atoms with van der Waals surface area (Å²) in [6, 6.07) is 19.6. The SMILES string of the molecule is N#Cc1ccc(CN2CCC(NC(=O)c3ccc(C(=O)N4CCC(C(=O)c5ccc(N=[N+]=[N-])cc5)CC4)nc3)CC2)cc1. The summed E-state index contributed by atoms with van der Waals surface area (Å²) in [6.45, 7) is 3.43. The average Bonchev–Trinajstić information content (AvgIpc) is 3.06. The second-order valence-electron chi connectivity index (χ2n) is 10.9. The lowest BCUT2D eigenvalue weighted by Crippen LogP contribution is -2.44. The molecule has 0 radical (unpaired) electrons. The quantitative estimate of drug-likeness (QED) is 0.172. The molecule has 11 nitrogen and oxygen atoms in total. The first kappa shape index (κ1) is 29.5. The number of likely N-dealkylation sites (tertiary alicyclic amines) is 2. The van der Waals surface area contributed by atoms with Gasteiger partial charge in [-0.15, -0.1) is 0 Å². The highest BCUT2D eigenvalue weighted by Crippen LogP contribution is 2.24. The molecule has 1 N–H and O–H groups in total. The van der Waals surface area contributed by atoms with Crippen LogP contribution in [0, 0.1) is 17.2 Å². The number of amides is 2. The highest BCUT2D eigenvalue weighted by molar-refractivity contribution is 5.99. The standard InChI is InChI=1S/C32H32N8O3/c33-19-22-1-3-23(4-2-22)21-39-15-13-27(14-16-39)36-31(42)26-7-10-29(35-20-26)32(43)40-17-11-25(12-18-40)30(41)24-5-8-28(9-6-24)37-38-34/h1-10,20,25,27H,11-18,21H2,(H,36,42). The van der Waals surface area contributed by atoms with Crippen LogP contribution in [0.1, 0.15) is 68.0 Å². The molecule has 218 valence electrons. The first-order chi connectivity index (χ1) is 20.9. The number of Topliss-reactive ketones (excluding diaryl/α,β-unsaturated/α-hetero) is 1. The van der Waals surface area contributed by atoms with E-state index in [0.717, 1.165) is 38.0 Å². The molecule has 0 bridgehead atoms. The number of hydrogen-bond donors (Lipinski definition) is 1. The summed E-state index contributed by atoms with van der Waals surface area (Å²) in [7, 11) is 0. The highest BCUT2D eigenvalue weighted by Gasteiger charge is 2.29. The van der Waals surface area contributed by atoms with Crippen molar-refractivity contribution in [2.45, 2.75) is 38.3 Å². The molecular formula is C32H32N8O3. The van der Waals surface area contributed by atoms with Gasteiger partial charge in [0.05, 0.1) is 17.2 Å². The Bertz CT molecular complexity index is 1540. The molecule has 5 rings (SSSR count). The van der Waals surface area contributed by atoms with E-state index in [1.165, 1.54) is 6.20 Å². The van der Waals surface area contributed by atoms with Crippen molar-refractivity contribution in [1.29, 1.82) is 5.26 Å². The zero-order valence-electron chi connectivity index (χ0n) is 23.7. The summed E-state index contributed by atoms with van der Waals surface area (Å²) in [5.41, 5.74) is 12.0. The number of rotatable bonds is 8. The normalized spacial score (nSPS) is 16.1. The van der Waals surface area contributed by atoms with Gasteiger partial charge in [0.1, 0.15) is 5.69 Å². The van der Waals surface area contributed by atoms with Gasteiger partial charge in [-0.05, 0) is 61.0 Å². The summed E-state index contributed by atoms with van der Waals surface area (Å²) in [5.74, 6) is -0.587. The van der Waals surface area contributed by atoms with Crippen LogP contribution in [0.15, 0.2) is 72.0 Å². The van der Waals surface area contributed by atoms with Gasteiger partial charge in [-0.25, -0.2) is 0 Å². The van der Waals surface area contributed by atoms with Crippen LogP contribution >= 0.6 is 0 Å². The molecular weight excluding hydrogens is 544 g/mol. The summed E-state index contributed by atoms with van der Waals surface area (Å²) in [4.78, 5) is 49.9. The van der Waals surface area contributed by atoms with Crippen molar-refractivity contribution in [2.24, 2.45) is 11.0 Å². The first-order valence-corrected chi connectivity index (χ1v) is 14.4. The third-order valence-corrected chi connectivity index (χ3v) is 8.12. The van der Waals surface area contributed by atoms with Crippen molar-refractivity contribution in [3.8, 4) is 6.07 Å². The molecule has 2 fully saturated rings. The number of benzene rings is 2. The van der Waals surface area contributed by atoms with Crippen LogP contribution in [-0.4, -0.2) is 64.6 Å². The molecule has 0 saturated carbocycles. The highest BCUT2D eigenvalue weighted by atomic mass is 16.2. The van der Waals surface area contributed by atoms with Crippen molar-refractivity contribution in [3.63, 3.8) is 0 Å². The lowest BCUT2D eigenvalue weighted by Gasteiger charge is -2.32. The van der Waals surface area contributed by atoms with Crippen molar-refractivity contribution < 1.29 is 14.4 Å². The number of hydrogen-bond acceptors (Lipinski definition) is 7. The second-order valence-corrected chi connectivity index (χ2v) is 10.9. The maximum absolute atomic E-state index is 13.1. The molecule has 2 aliphatic rings. The van der Waals surface area contributed by atoms with E-state index in [9.17, 15) is 14.4 Å². The molecule has 2 aliphatic heterocycles. The van der Waals surface area contributed by atoms with Crippen LogP contribution in [0.4, 0.5) is 5.69 Å². The number of azide groups is 1. The Morgan fingerprint density at radius 2 is 1.60 bits per heavy atom. The predicted octanol–water partition coefficient (Wildman–Crippen LogP) is 5.02. The smallest absolute Gasteiger partial charge is 0.272 e. The number of nitriles is 1. The van der Waals surface area contributed by atoms with Gasteiger partial charge in [-0.2, -0.15) is 5.26 Å². The second kappa shape index (κ2) is 13.7. The molecule has 0 atom stereocenters. The minimum atomic E-state index is -0.216. The van der Waals surface area contributed by atoms with Gasteiger partial charge < -0.3 is 10.2 Å². The zero-order chi connectivity index (χ0) is 30.2. The van der Waals surface area contributed by atoms with Crippen LogP contribution in [0.2, 0.25) is 0 Å². The number of pyridine rings is 1. The van der Waals surface area contributed by atoms with E-state index in [1.54, 1.807) is 41.3 Å². The molecule has 1 aromatic heterocycles. The Hall–Kier alpha value is -5.04. The number of aromatic nitrogens is 1. The van der Waals surface area contributed by atoms with E-state index in [2.05, 4.69) is 31.3 Å². The summed E-state index contributed by atoms with van der Waals surface area (Å²) >= 11 is 0. The first-order valence-electron chi connectivity index (χ1n) is 14.4. The Kier molecular flexibility index (Phi) is 9.42. The van der Waals surface area contributed by atoms with Crippen molar-refractivity contribution in [3.05, 3.63) is 105 Å². The van der Waals surface area contributed by atoms with Gasteiger partial charge >= 0.3 is 0 Å². The van der Waals surface area contributed by atoms with Crippen LogP contribution < -0.4 is 5.32 Å². The largest absolute Gasteiger partial charge is 0.349 e. The van der Waals surface area contributed by atoms with E-state index in [-0.39, 0.29) is 35.3 Å². The van der Waals surface area contributed by atoms with E-state index in [4.69, 9.17) is 10.8 Å². The third-order valence-electron chi connectivity index (χ3n) is 8.12. The van der Waals surface area contributed by atoms with Gasteiger partial charge in [0, 0.05) is 67.0 Å². The molecule has 3 aromatic rings.